The average molecular weight is 523 g/mol. The number of amides is 2. The lowest BCUT2D eigenvalue weighted by Crippen LogP contribution is -2.33. The number of thioether (sulfide) groups is 1. The van der Waals surface area contributed by atoms with Crippen molar-refractivity contribution >= 4 is 56.6 Å². The Bertz CT molecular complexity index is 1130. The fourth-order valence-corrected chi connectivity index (χ4v) is 4.17. The summed E-state index contributed by atoms with van der Waals surface area (Å²) < 4.78 is 11.7. The van der Waals surface area contributed by atoms with Crippen molar-refractivity contribution in [2.75, 3.05) is 13.7 Å². The van der Waals surface area contributed by atoms with Crippen molar-refractivity contribution in [3.63, 3.8) is 0 Å². The minimum absolute atomic E-state index is 0.0235. The Labute approximate surface area is 194 Å². The minimum Gasteiger partial charge on any atom is -0.493 e. The molecule has 0 atom stereocenters. The Kier molecular flexibility index (Phi) is 7.15. The van der Waals surface area contributed by atoms with Gasteiger partial charge in [0.1, 0.15) is 13.2 Å². The summed E-state index contributed by atoms with van der Waals surface area (Å²) in [6.07, 6.45) is 1.46. The number of carbonyl (C=O) groups is 3. The van der Waals surface area contributed by atoms with E-state index < -0.39 is 28.6 Å². The topological polar surface area (TPSA) is 136 Å². The summed E-state index contributed by atoms with van der Waals surface area (Å²) in [5.74, 6) is -1.25. The van der Waals surface area contributed by atoms with Crippen LogP contribution in [-0.2, 0) is 16.2 Å². The molecule has 0 aliphatic carbocycles. The highest BCUT2D eigenvalue weighted by Crippen LogP contribution is 2.39. The molecular weight excluding hydrogens is 508 g/mol. The van der Waals surface area contributed by atoms with Crippen LogP contribution in [0.25, 0.3) is 6.08 Å². The number of hydrogen-bond donors (Lipinski definition) is 1. The van der Waals surface area contributed by atoms with Crippen molar-refractivity contribution in [2.24, 2.45) is 0 Å². The molecule has 1 fully saturated rings. The van der Waals surface area contributed by atoms with E-state index in [0.29, 0.717) is 43.8 Å². The number of methoxy groups -OCH3 is 1. The van der Waals surface area contributed by atoms with Crippen LogP contribution in [0.4, 0.5) is 10.5 Å². The third kappa shape index (κ3) is 5.26. The van der Waals surface area contributed by atoms with E-state index in [1.54, 1.807) is 24.3 Å². The summed E-state index contributed by atoms with van der Waals surface area (Å²) >= 11 is 4.05. The lowest BCUT2D eigenvalue weighted by atomic mass is 10.1. The van der Waals surface area contributed by atoms with Crippen LogP contribution in [0, 0.1) is 10.1 Å². The average Bonchev–Trinajstić information content (AvgIpc) is 2.99. The van der Waals surface area contributed by atoms with Crippen molar-refractivity contribution in [3.8, 4) is 11.5 Å². The van der Waals surface area contributed by atoms with Crippen molar-refractivity contribution in [2.45, 2.75) is 6.61 Å². The molecule has 1 aliphatic rings. The number of hydrogen-bond acceptors (Lipinski definition) is 8. The molecule has 32 heavy (non-hydrogen) atoms. The number of rotatable bonds is 8. The quantitative estimate of drug-likeness (QED) is 0.309. The molecule has 166 valence electrons. The lowest BCUT2D eigenvalue weighted by molar-refractivity contribution is -0.384. The lowest BCUT2D eigenvalue weighted by Gasteiger charge is -2.14. The molecule has 2 aromatic carbocycles. The third-order valence-corrected chi connectivity index (χ3v) is 5.74. The number of nitro benzene ring substituents is 1. The number of imide groups is 1. The molecule has 0 saturated carbocycles. The van der Waals surface area contributed by atoms with Gasteiger partial charge in [-0.05, 0) is 69.2 Å². The first-order valence-electron chi connectivity index (χ1n) is 8.90. The van der Waals surface area contributed by atoms with Crippen LogP contribution in [0.15, 0.2) is 45.8 Å². The SMILES string of the molecule is COc1cc(/C=C2/SC(=O)N(CC(=O)O)C2=O)cc(Br)c1OCc1ccc([N+](=O)[O-])cc1. The Balaban J connectivity index is 1.80. The van der Waals surface area contributed by atoms with Gasteiger partial charge in [-0.1, -0.05) is 0 Å². The zero-order valence-corrected chi connectivity index (χ0v) is 18.8. The highest BCUT2D eigenvalue weighted by molar-refractivity contribution is 9.10. The molecule has 12 heteroatoms. The summed E-state index contributed by atoms with van der Waals surface area (Å²) in [5, 5.41) is 19.0. The predicted molar refractivity (Wildman–Crippen MR) is 118 cm³/mol. The van der Waals surface area contributed by atoms with E-state index in [1.165, 1.54) is 25.3 Å². The Hall–Kier alpha value is -3.38. The van der Waals surface area contributed by atoms with Gasteiger partial charge >= 0.3 is 5.97 Å². The van der Waals surface area contributed by atoms with E-state index in [4.69, 9.17) is 14.6 Å². The number of carboxylic acids is 1. The number of carboxylic acid groups (broad SMARTS) is 1. The van der Waals surface area contributed by atoms with E-state index in [9.17, 15) is 24.5 Å². The molecule has 0 radical (unpaired) electrons. The van der Waals surface area contributed by atoms with Crippen molar-refractivity contribution < 1.29 is 33.9 Å². The summed E-state index contributed by atoms with van der Waals surface area (Å²) in [5.41, 5.74) is 1.21. The van der Waals surface area contributed by atoms with Crippen LogP contribution < -0.4 is 9.47 Å². The molecule has 0 spiro atoms. The summed E-state index contributed by atoms with van der Waals surface area (Å²) in [6.45, 7) is -0.579. The monoisotopic (exact) mass is 522 g/mol. The van der Waals surface area contributed by atoms with Gasteiger partial charge in [0.25, 0.3) is 16.8 Å². The Morgan fingerprint density at radius 1 is 1.28 bits per heavy atom. The smallest absolute Gasteiger partial charge is 0.323 e. The maximum absolute atomic E-state index is 12.3. The van der Waals surface area contributed by atoms with Crippen LogP contribution in [0.5, 0.6) is 11.5 Å². The van der Waals surface area contributed by atoms with Crippen LogP contribution in [0.1, 0.15) is 11.1 Å². The largest absolute Gasteiger partial charge is 0.493 e. The van der Waals surface area contributed by atoms with Gasteiger partial charge in [0.2, 0.25) is 0 Å². The molecule has 1 saturated heterocycles. The molecule has 1 heterocycles. The van der Waals surface area contributed by atoms with Gasteiger partial charge in [0, 0.05) is 12.1 Å². The molecule has 0 unspecified atom stereocenters. The third-order valence-electron chi connectivity index (χ3n) is 4.25. The minimum atomic E-state index is -1.28. The Morgan fingerprint density at radius 2 is 1.97 bits per heavy atom. The normalized spacial score (nSPS) is 14.7. The first-order chi connectivity index (χ1) is 15.2. The number of halogens is 1. The molecule has 3 rings (SSSR count). The molecule has 2 aromatic rings. The van der Waals surface area contributed by atoms with Crippen molar-refractivity contribution in [3.05, 3.63) is 67.0 Å². The second kappa shape index (κ2) is 9.83. The van der Waals surface area contributed by atoms with Crippen molar-refractivity contribution in [1.29, 1.82) is 0 Å². The van der Waals surface area contributed by atoms with E-state index in [-0.39, 0.29) is 17.2 Å². The van der Waals surface area contributed by atoms with E-state index >= 15 is 0 Å². The van der Waals surface area contributed by atoms with Gasteiger partial charge in [0.15, 0.2) is 11.5 Å². The number of nitrogens with zero attached hydrogens (tertiary/aromatic N) is 2. The number of aliphatic carboxylic acids is 1. The van der Waals surface area contributed by atoms with Gasteiger partial charge < -0.3 is 14.6 Å². The first kappa shape index (κ1) is 23.3. The number of benzene rings is 2. The van der Waals surface area contributed by atoms with Crippen LogP contribution >= 0.6 is 27.7 Å². The van der Waals surface area contributed by atoms with Gasteiger partial charge in [0.05, 0.1) is 21.4 Å². The van der Waals surface area contributed by atoms with Crippen molar-refractivity contribution in [1.82, 2.24) is 4.90 Å². The van der Waals surface area contributed by atoms with Gasteiger partial charge in [-0.15, -0.1) is 0 Å². The highest BCUT2D eigenvalue weighted by atomic mass is 79.9. The van der Waals surface area contributed by atoms with Gasteiger partial charge in [-0.25, -0.2) is 0 Å². The standard InChI is InChI=1S/C20H15BrN2O8S/c1-30-15-7-12(8-16-19(26)22(9-17(24)25)20(27)32-16)6-14(21)18(15)31-10-11-2-4-13(5-3-11)23(28)29/h2-8H,9-10H2,1H3,(H,24,25)/b16-8+. The van der Waals surface area contributed by atoms with Crippen LogP contribution in [0.2, 0.25) is 0 Å². The second-order valence-corrected chi connectivity index (χ2v) is 8.26. The second-order valence-electron chi connectivity index (χ2n) is 6.41. The fraction of sp³-hybridized carbons (Fsp3) is 0.150. The molecule has 0 aromatic heterocycles. The molecule has 10 nitrogen and oxygen atoms in total. The maximum atomic E-state index is 12.3. The zero-order valence-electron chi connectivity index (χ0n) is 16.4. The highest BCUT2D eigenvalue weighted by Gasteiger charge is 2.36. The first-order valence-corrected chi connectivity index (χ1v) is 10.5. The molecule has 2 amide bonds. The summed E-state index contributed by atoms with van der Waals surface area (Å²) in [6, 6.07) is 9.18. The summed E-state index contributed by atoms with van der Waals surface area (Å²) in [4.78, 5) is 46.1. The fourth-order valence-electron chi connectivity index (χ4n) is 2.76. The van der Waals surface area contributed by atoms with E-state index in [0.717, 1.165) is 0 Å². The number of non-ortho nitro benzene ring substituents is 1. The predicted octanol–water partition coefficient (Wildman–Crippen LogP) is 4.07. The maximum Gasteiger partial charge on any atom is 0.323 e. The number of ether oxygens (including phenoxy) is 2. The van der Waals surface area contributed by atoms with Crippen LogP contribution in [-0.4, -0.2) is 45.7 Å². The Morgan fingerprint density at radius 3 is 2.56 bits per heavy atom. The number of nitro groups is 1. The van der Waals surface area contributed by atoms with Gasteiger partial charge in [-0.3, -0.25) is 29.4 Å². The summed E-state index contributed by atoms with van der Waals surface area (Å²) in [7, 11) is 1.44. The number of carbonyl (C=O) groups excluding carboxylic acids is 2. The molecular formula is C20H15BrN2O8S. The van der Waals surface area contributed by atoms with Crippen LogP contribution in [0.3, 0.4) is 0 Å². The molecule has 0 bridgehead atoms. The molecule has 1 aliphatic heterocycles. The van der Waals surface area contributed by atoms with E-state index in [1.807, 2.05) is 0 Å². The van der Waals surface area contributed by atoms with Gasteiger partial charge in [-0.2, -0.15) is 0 Å². The molecule has 1 N–H and O–H groups in total. The van der Waals surface area contributed by atoms with E-state index in [2.05, 4.69) is 15.9 Å². The zero-order chi connectivity index (χ0) is 23.4.